The van der Waals surface area contributed by atoms with E-state index in [4.69, 9.17) is 5.11 Å². The van der Waals surface area contributed by atoms with Gasteiger partial charge in [0.1, 0.15) is 6.61 Å². The van der Waals surface area contributed by atoms with Crippen molar-refractivity contribution in [2.24, 2.45) is 0 Å². The largest absolute Gasteiger partial charge is 0.478 e. The SMILES string of the molecule is CC(=CC(C)OCC(F)F)C(=O)O. The topological polar surface area (TPSA) is 46.5 Å². The zero-order chi connectivity index (χ0) is 10.4. The van der Waals surface area contributed by atoms with Crippen molar-refractivity contribution >= 4 is 5.97 Å². The number of carboxylic acids is 1. The molecule has 0 rings (SSSR count). The van der Waals surface area contributed by atoms with Gasteiger partial charge in [-0.15, -0.1) is 0 Å². The van der Waals surface area contributed by atoms with Gasteiger partial charge < -0.3 is 9.84 Å². The molecular formula is C8H12F2O3. The molecule has 0 aliphatic rings. The van der Waals surface area contributed by atoms with Crippen LogP contribution in [-0.2, 0) is 9.53 Å². The third-order valence-corrected chi connectivity index (χ3v) is 1.31. The highest BCUT2D eigenvalue weighted by Gasteiger charge is 2.07. The summed E-state index contributed by atoms with van der Waals surface area (Å²) < 4.78 is 27.9. The molecule has 0 spiro atoms. The van der Waals surface area contributed by atoms with Crippen molar-refractivity contribution in [2.75, 3.05) is 6.61 Å². The number of ether oxygens (including phenoxy) is 1. The van der Waals surface area contributed by atoms with Crippen LogP contribution >= 0.6 is 0 Å². The first-order chi connectivity index (χ1) is 5.93. The Hall–Kier alpha value is -0.970. The second-order valence-electron chi connectivity index (χ2n) is 2.58. The molecule has 0 fully saturated rings. The summed E-state index contributed by atoms with van der Waals surface area (Å²) in [6.07, 6.45) is -1.85. The zero-order valence-corrected chi connectivity index (χ0v) is 7.46. The monoisotopic (exact) mass is 194 g/mol. The quantitative estimate of drug-likeness (QED) is 0.677. The second-order valence-corrected chi connectivity index (χ2v) is 2.58. The molecule has 5 heteroatoms. The van der Waals surface area contributed by atoms with Crippen LogP contribution in [0.3, 0.4) is 0 Å². The Morgan fingerprint density at radius 1 is 1.62 bits per heavy atom. The predicted octanol–water partition coefficient (Wildman–Crippen LogP) is 1.69. The highest BCUT2D eigenvalue weighted by molar-refractivity contribution is 5.85. The highest BCUT2D eigenvalue weighted by atomic mass is 19.3. The normalized spacial score (nSPS) is 14.7. The van der Waals surface area contributed by atoms with Gasteiger partial charge in [0.05, 0.1) is 6.10 Å². The van der Waals surface area contributed by atoms with E-state index in [0.717, 1.165) is 0 Å². The van der Waals surface area contributed by atoms with Crippen molar-refractivity contribution < 1.29 is 23.4 Å². The van der Waals surface area contributed by atoms with Crippen molar-refractivity contribution in [3.05, 3.63) is 11.6 Å². The van der Waals surface area contributed by atoms with Gasteiger partial charge in [0.15, 0.2) is 0 Å². The molecular weight excluding hydrogens is 182 g/mol. The lowest BCUT2D eigenvalue weighted by atomic mass is 10.2. The van der Waals surface area contributed by atoms with Crippen LogP contribution in [0, 0.1) is 0 Å². The van der Waals surface area contributed by atoms with E-state index >= 15 is 0 Å². The van der Waals surface area contributed by atoms with Gasteiger partial charge in [0.2, 0.25) is 0 Å². The molecule has 0 aliphatic heterocycles. The van der Waals surface area contributed by atoms with Crippen LogP contribution in [0.1, 0.15) is 13.8 Å². The molecule has 0 heterocycles. The molecule has 1 unspecified atom stereocenters. The lowest BCUT2D eigenvalue weighted by Gasteiger charge is -2.08. The molecule has 0 radical (unpaired) electrons. The summed E-state index contributed by atoms with van der Waals surface area (Å²) in [4.78, 5) is 10.3. The zero-order valence-electron chi connectivity index (χ0n) is 7.46. The number of hydrogen-bond acceptors (Lipinski definition) is 2. The smallest absolute Gasteiger partial charge is 0.331 e. The molecule has 0 saturated carbocycles. The Labute approximate surface area is 75.0 Å². The first-order valence-corrected chi connectivity index (χ1v) is 3.75. The average molecular weight is 194 g/mol. The Balaban J connectivity index is 3.92. The lowest BCUT2D eigenvalue weighted by molar-refractivity contribution is -0.132. The summed E-state index contributed by atoms with van der Waals surface area (Å²) in [5.41, 5.74) is 0.0850. The Kier molecular flexibility index (Phi) is 5.22. The van der Waals surface area contributed by atoms with Crippen LogP contribution in [0.25, 0.3) is 0 Å². The number of aliphatic carboxylic acids is 1. The van der Waals surface area contributed by atoms with Crippen LogP contribution in [0.15, 0.2) is 11.6 Å². The number of halogens is 2. The lowest BCUT2D eigenvalue weighted by Crippen LogP contribution is -2.13. The minimum absolute atomic E-state index is 0.0850. The number of hydrogen-bond donors (Lipinski definition) is 1. The summed E-state index contributed by atoms with van der Waals surface area (Å²) in [6, 6.07) is 0. The van der Waals surface area contributed by atoms with Crippen molar-refractivity contribution in [3.63, 3.8) is 0 Å². The van der Waals surface area contributed by atoms with Gasteiger partial charge in [0.25, 0.3) is 6.43 Å². The van der Waals surface area contributed by atoms with Gasteiger partial charge in [-0.1, -0.05) is 0 Å². The van der Waals surface area contributed by atoms with Crippen molar-refractivity contribution in [1.29, 1.82) is 0 Å². The summed E-state index contributed by atoms with van der Waals surface area (Å²) >= 11 is 0. The van der Waals surface area contributed by atoms with E-state index in [0.29, 0.717) is 0 Å². The van der Waals surface area contributed by atoms with Gasteiger partial charge in [-0.2, -0.15) is 0 Å². The first kappa shape index (κ1) is 12.0. The van der Waals surface area contributed by atoms with E-state index < -0.39 is 25.1 Å². The summed E-state index contributed by atoms with van der Waals surface area (Å²) in [5.74, 6) is -1.08. The van der Waals surface area contributed by atoms with E-state index in [9.17, 15) is 13.6 Å². The van der Waals surface area contributed by atoms with Crippen LogP contribution in [0.5, 0.6) is 0 Å². The number of rotatable bonds is 5. The van der Waals surface area contributed by atoms with E-state index in [1.807, 2.05) is 0 Å². The molecule has 0 aliphatic carbocycles. The van der Waals surface area contributed by atoms with E-state index in [1.165, 1.54) is 19.9 Å². The standard InChI is InChI=1S/C8H12F2O3/c1-5(8(11)12)3-6(2)13-4-7(9)10/h3,6-7H,4H2,1-2H3,(H,11,12). The van der Waals surface area contributed by atoms with E-state index in [2.05, 4.69) is 4.74 Å². The molecule has 0 aromatic heterocycles. The Morgan fingerprint density at radius 2 is 2.15 bits per heavy atom. The van der Waals surface area contributed by atoms with Crippen molar-refractivity contribution in [1.82, 2.24) is 0 Å². The molecule has 3 nitrogen and oxygen atoms in total. The molecule has 1 atom stereocenters. The van der Waals surface area contributed by atoms with Gasteiger partial charge >= 0.3 is 5.97 Å². The molecule has 0 aromatic rings. The molecule has 13 heavy (non-hydrogen) atoms. The van der Waals surface area contributed by atoms with Crippen LogP contribution in [0.4, 0.5) is 8.78 Å². The van der Waals surface area contributed by atoms with Crippen molar-refractivity contribution in [3.8, 4) is 0 Å². The fourth-order valence-corrected chi connectivity index (χ4v) is 0.696. The molecule has 0 amide bonds. The summed E-state index contributed by atoms with van der Waals surface area (Å²) in [5, 5.41) is 8.44. The number of carbonyl (C=O) groups is 1. The molecule has 0 aromatic carbocycles. The summed E-state index contributed by atoms with van der Waals surface area (Å²) in [6.45, 7) is 2.21. The molecule has 1 N–H and O–H groups in total. The van der Waals surface area contributed by atoms with Gasteiger partial charge in [-0.05, 0) is 19.9 Å². The Morgan fingerprint density at radius 3 is 2.54 bits per heavy atom. The summed E-state index contributed by atoms with van der Waals surface area (Å²) in [7, 11) is 0. The average Bonchev–Trinajstić information content (AvgIpc) is 2.00. The predicted molar refractivity (Wildman–Crippen MR) is 42.8 cm³/mol. The first-order valence-electron chi connectivity index (χ1n) is 3.75. The molecule has 0 bridgehead atoms. The van der Waals surface area contributed by atoms with Crippen LogP contribution < -0.4 is 0 Å². The molecule has 0 saturated heterocycles. The maximum Gasteiger partial charge on any atom is 0.331 e. The minimum Gasteiger partial charge on any atom is -0.478 e. The minimum atomic E-state index is -2.53. The fraction of sp³-hybridized carbons (Fsp3) is 0.625. The molecule has 76 valence electrons. The van der Waals surface area contributed by atoms with E-state index in [1.54, 1.807) is 0 Å². The second kappa shape index (κ2) is 5.64. The maximum atomic E-state index is 11.6. The fourth-order valence-electron chi connectivity index (χ4n) is 0.696. The third kappa shape index (κ3) is 6.21. The van der Waals surface area contributed by atoms with Crippen LogP contribution in [-0.4, -0.2) is 30.2 Å². The van der Waals surface area contributed by atoms with Crippen LogP contribution in [0.2, 0.25) is 0 Å². The van der Waals surface area contributed by atoms with Gasteiger partial charge in [-0.25, -0.2) is 13.6 Å². The highest BCUT2D eigenvalue weighted by Crippen LogP contribution is 2.02. The number of carboxylic acid groups (broad SMARTS) is 1. The van der Waals surface area contributed by atoms with Gasteiger partial charge in [-0.3, -0.25) is 0 Å². The van der Waals surface area contributed by atoms with E-state index in [-0.39, 0.29) is 5.57 Å². The third-order valence-electron chi connectivity index (χ3n) is 1.31. The van der Waals surface area contributed by atoms with Crippen molar-refractivity contribution in [2.45, 2.75) is 26.4 Å². The Bertz CT molecular complexity index is 202. The maximum absolute atomic E-state index is 11.6. The number of alkyl halides is 2. The van der Waals surface area contributed by atoms with Gasteiger partial charge in [0, 0.05) is 5.57 Å².